The van der Waals surface area contributed by atoms with Crippen LogP contribution in [0.3, 0.4) is 0 Å². The maximum Gasteiger partial charge on any atom is 0.0509 e. The Balaban J connectivity index is 1.82. The predicted molar refractivity (Wildman–Crippen MR) is 72.1 cm³/mol. The number of hydrogen-bond acceptors (Lipinski definition) is 2. The number of nitrogens with one attached hydrogen (secondary N) is 1. The molecule has 100 valence electrons. The third kappa shape index (κ3) is 3.45. The van der Waals surface area contributed by atoms with Crippen LogP contribution in [0.1, 0.15) is 53.4 Å². The van der Waals surface area contributed by atoms with E-state index in [1.807, 2.05) is 0 Å². The van der Waals surface area contributed by atoms with Crippen LogP contribution in [-0.4, -0.2) is 25.3 Å². The summed E-state index contributed by atoms with van der Waals surface area (Å²) in [5.74, 6) is 1.54. The topological polar surface area (TPSA) is 21.3 Å². The summed E-state index contributed by atoms with van der Waals surface area (Å²) in [6.07, 6.45) is 5.30. The fraction of sp³-hybridized carbons (Fsp3) is 1.00. The molecule has 1 heterocycles. The highest BCUT2D eigenvalue weighted by atomic mass is 16.5. The minimum absolute atomic E-state index is 0.553. The van der Waals surface area contributed by atoms with Crippen molar-refractivity contribution in [3.05, 3.63) is 0 Å². The van der Waals surface area contributed by atoms with Gasteiger partial charge in [0.05, 0.1) is 6.61 Å². The molecule has 1 aliphatic heterocycles. The van der Waals surface area contributed by atoms with Crippen molar-refractivity contribution in [2.45, 2.75) is 65.5 Å². The SMILES string of the molecule is CC1CC(C)(C)CCC1NC(C)C1CCOC1. The van der Waals surface area contributed by atoms with Gasteiger partial charge < -0.3 is 10.1 Å². The number of ether oxygens (including phenoxy) is 1. The van der Waals surface area contributed by atoms with Gasteiger partial charge in [0.2, 0.25) is 0 Å². The van der Waals surface area contributed by atoms with E-state index in [1.54, 1.807) is 0 Å². The fourth-order valence-corrected chi connectivity index (χ4v) is 3.62. The van der Waals surface area contributed by atoms with E-state index >= 15 is 0 Å². The standard InChI is InChI=1S/C15H29NO/c1-11-9-15(3,4)7-5-14(11)16-12(2)13-6-8-17-10-13/h11-14,16H,5-10H2,1-4H3. The normalized spacial score (nSPS) is 39.2. The third-order valence-electron chi connectivity index (χ3n) is 4.84. The van der Waals surface area contributed by atoms with Crippen LogP contribution in [0.2, 0.25) is 0 Å². The Morgan fingerprint density at radius 2 is 2.06 bits per heavy atom. The van der Waals surface area contributed by atoms with Crippen molar-refractivity contribution in [2.75, 3.05) is 13.2 Å². The smallest absolute Gasteiger partial charge is 0.0509 e. The van der Waals surface area contributed by atoms with Crippen molar-refractivity contribution in [3.63, 3.8) is 0 Å². The summed E-state index contributed by atoms with van der Waals surface area (Å²) in [6, 6.07) is 1.34. The van der Waals surface area contributed by atoms with E-state index in [-0.39, 0.29) is 0 Å². The summed E-state index contributed by atoms with van der Waals surface area (Å²) in [4.78, 5) is 0. The highest BCUT2D eigenvalue weighted by Crippen LogP contribution is 2.38. The van der Waals surface area contributed by atoms with E-state index in [0.29, 0.717) is 11.5 Å². The lowest BCUT2D eigenvalue weighted by atomic mass is 9.70. The van der Waals surface area contributed by atoms with Gasteiger partial charge in [-0.2, -0.15) is 0 Å². The summed E-state index contributed by atoms with van der Waals surface area (Å²) in [6.45, 7) is 11.5. The summed E-state index contributed by atoms with van der Waals surface area (Å²) >= 11 is 0. The van der Waals surface area contributed by atoms with E-state index in [9.17, 15) is 0 Å². The minimum Gasteiger partial charge on any atom is -0.381 e. The Labute approximate surface area is 107 Å². The second kappa shape index (κ2) is 5.27. The molecular weight excluding hydrogens is 210 g/mol. The maximum atomic E-state index is 5.49. The first-order valence-corrected chi connectivity index (χ1v) is 7.32. The maximum absolute atomic E-state index is 5.49. The summed E-state index contributed by atoms with van der Waals surface area (Å²) in [5.41, 5.74) is 0.553. The van der Waals surface area contributed by atoms with E-state index in [4.69, 9.17) is 4.74 Å². The quantitative estimate of drug-likeness (QED) is 0.816. The lowest BCUT2D eigenvalue weighted by Gasteiger charge is -2.41. The molecule has 1 saturated heterocycles. The molecule has 1 aliphatic carbocycles. The van der Waals surface area contributed by atoms with E-state index < -0.39 is 0 Å². The molecule has 0 aromatic rings. The van der Waals surface area contributed by atoms with Crippen LogP contribution in [0.5, 0.6) is 0 Å². The molecule has 2 heteroatoms. The van der Waals surface area contributed by atoms with Crippen molar-refractivity contribution < 1.29 is 4.74 Å². The van der Waals surface area contributed by atoms with Crippen LogP contribution in [0.4, 0.5) is 0 Å². The zero-order chi connectivity index (χ0) is 12.5. The van der Waals surface area contributed by atoms with E-state index in [2.05, 4.69) is 33.0 Å². The third-order valence-corrected chi connectivity index (χ3v) is 4.84. The Hall–Kier alpha value is -0.0800. The molecule has 1 N–H and O–H groups in total. The first-order chi connectivity index (χ1) is 7.98. The van der Waals surface area contributed by atoms with Crippen LogP contribution < -0.4 is 5.32 Å². The molecule has 4 unspecified atom stereocenters. The molecule has 1 saturated carbocycles. The number of hydrogen-bond donors (Lipinski definition) is 1. The molecule has 2 aliphatic rings. The van der Waals surface area contributed by atoms with Gasteiger partial charge in [0.1, 0.15) is 0 Å². The summed E-state index contributed by atoms with van der Waals surface area (Å²) < 4.78 is 5.49. The van der Waals surface area contributed by atoms with Crippen LogP contribution >= 0.6 is 0 Å². The molecule has 0 bridgehead atoms. The zero-order valence-electron chi connectivity index (χ0n) is 12.0. The largest absolute Gasteiger partial charge is 0.381 e. The molecule has 0 radical (unpaired) electrons. The van der Waals surface area contributed by atoms with Gasteiger partial charge in [-0.25, -0.2) is 0 Å². The number of rotatable bonds is 3. The van der Waals surface area contributed by atoms with Gasteiger partial charge in [-0.1, -0.05) is 20.8 Å². The van der Waals surface area contributed by atoms with Gasteiger partial charge in [-0.05, 0) is 49.9 Å². The summed E-state index contributed by atoms with van der Waals surface area (Å²) in [5, 5.41) is 3.87. The zero-order valence-corrected chi connectivity index (χ0v) is 12.0. The monoisotopic (exact) mass is 239 g/mol. The van der Waals surface area contributed by atoms with E-state index in [1.165, 1.54) is 25.7 Å². The molecule has 4 atom stereocenters. The summed E-state index contributed by atoms with van der Waals surface area (Å²) in [7, 11) is 0. The van der Waals surface area contributed by atoms with Crippen molar-refractivity contribution in [1.82, 2.24) is 5.32 Å². The van der Waals surface area contributed by atoms with Gasteiger partial charge in [-0.3, -0.25) is 0 Å². The molecule has 2 nitrogen and oxygen atoms in total. The molecule has 0 spiro atoms. The molecule has 0 aromatic carbocycles. The van der Waals surface area contributed by atoms with Gasteiger partial charge >= 0.3 is 0 Å². The fourth-order valence-electron chi connectivity index (χ4n) is 3.62. The molecule has 0 aromatic heterocycles. The molecule has 17 heavy (non-hydrogen) atoms. The molecular formula is C15H29NO. The van der Waals surface area contributed by atoms with Gasteiger partial charge in [0.15, 0.2) is 0 Å². The van der Waals surface area contributed by atoms with Gasteiger partial charge in [0.25, 0.3) is 0 Å². The first kappa shape index (κ1) is 13.4. The Kier molecular flexibility index (Phi) is 4.14. The minimum atomic E-state index is 0.553. The average Bonchev–Trinajstić information content (AvgIpc) is 2.74. The van der Waals surface area contributed by atoms with Gasteiger partial charge in [0, 0.05) is 18.7 Å². The van der Waals surface area contributed by atoms with Crippen molar-refractivity contribution in [1.29, 1.82) is 0 Å². The Morgan fingerprint density at radius 1 is 1.29 bits per heavy atom. The second-order valence-corrected chi connectivity index (χ2v) is 7.07. The van der Waals surface area contributed by atoms with Crippen LogP contribution in [0, 0.1) is 17.3 Å². The van der Waals surface area contributed by atoms with Gasteiger partial charge in [-0.15, -0.1) is 0 Å². The highest BCUT2D eigenvalue weighted by Gasteiger charge is 2.34. The second-order valence-electron chi connectivity index (χ2n) is 7.07. The Morgan fingerprint density at radius 3 is 2.65 bits per heavy atom. The first-order valence-electron chi connectivity index (χ1n) is 7.32. The molecule has 2 fully saturated rings. The van der Waals surface area contributed by atoms with Crippen LogP contribution in [0.25, 0.3) is 0 Å². The van der Waals surface area contributed by atoms with Crippen LogP contribution in [0.15, 0.2) is 0 Å². The van der Waals surface area contributed by atoms with Crippen molar-refractivity contribution >= 4 is 0 Å². The lowest BCUT2D eigenvalue weighted by Crippen LogP contribution is -2.47. The van der Waals surface area contributed by atoms with Crippen molar-refractivity contribution in [2.24, 2.45) is 17.3 Å². The average molecular weight is 239 g/mol. The van der Waals surface area contributed by atoms with E-state index in [0.717, 1.165) is 31.1 Å². The highest BCUT2D eigenvalue weighted by molar-refractivity contribution is 4.89. The molecule has 2 rings (SSSR count). The lowest BCUT2D eigenvalue weighted by molar-refractivity contribution is 0.130. The van der Waals surface area contributed by atoms with Crippen LogP contribution in [-0.2, 0) is 4.74 Å². The Bertz CT molecular complexity index is 245. The molecule has 0 amide bonds. The predicted octanol–water partition coefficient (Wildman–Crippen LogP) is 3.22. The van der Waals surface area contributed by atoms with Crippen molar-refractivity contribution in [3.8, 4) is 0 Å².